The Labute approximate surface area is 108 Å². The Hall–Kier alpha value is -1.37. The van der Waals surface area contributed by atoms with E-state index >= 15 is 0 Å². The Morgan fingerprint density at radius 3 is 2.50 bits per heavy atom. The van der Waals surface area contributed by atoms with Crippen LogP contribution in [-0.4, -0.2) is 23.1 Å². The first-order chi connectivity index (χ1) is 8.30. The highest BCUT2D eigenvalue weighted by atomic mass is 32.1. The average molecular weight is 275 g/mol. The number of thiocarbonyl (C=S) groups is 1. The summed E-state index contributed by atoms with van der Waals surface area (Å²) in [6.45, 7) is 0. The van der Waals surface area contributed by atoms with Crippen LogP contribution in [0.3, 0.4) is 0 Å². The van der Waals surface area contributed by atoms with Gasteiger partial charge in [-0.2, -0.15) is 13.2 Å². The largest absolute Gasteiger partial charge is 0.433 e. The van der Waals surface area contributed by atoms with Gasteiger partial charge in [-0.05, 0) is 25.0 Å². The molecule has 98 valence electrons. The summed E-state index contributed by atoms with van der Waals surface area (Å²) in [5.41, 5.74) is 4.97. The molecule has 2 rings (SSSR count). The highest BCUT2D eigenvalue weighted by Gasteiger charge is 2.35. The molecule has 1 aromatic rings. The lowest BCUT2D eigenvalue weighted by molar-refractivity contribution is -0.141. The number of hydrogen-bond donors (Lipinski definition) is 1. The molecule has 0 atom stereocenters. The zero-order chi connectivity index (χ0) is 13.5. The molecule has 0 saturated heterocycles. The van der Waals surface area contributed by atoms with Gasteiger partial charge in [0.1, 0.15) is 16.5 Å². The van der Waals surface area contributed by atoms with Crippen molar-refractivity contribution in [3.05, 3.63) is 23.4 Å². The second-order valence-electron chi connectivity index (χ2n) is 4.27. The molecular formula is C11H12F3N3S. The maximum Gasteiger partial charge on any atom is 0.433 e. The zero-order valence-electron chi connectivity index (χ0n) is 9.66. The van der Waals surface area contributed by atoms with Crippen molar-refractivity contribution in [3.63, 3.8) is 0 Å². The van der Waals surface area contributed by atoms with E-state index < -0.39 is 11.9 Å². The van der Waals surface area contributed by atoms with Crippen molar-refractivity contribution in [2.24, 2.45) is 5.73 Å². The number of aromatic nitrogens is 1. The van der Waals surface area contributed by atoms with Crippen LogP contribution in [0.5, 0.6) is 0 Å². The molecule has 18 heavy (non-hydrogen) atoms. The molecule has 1 aliphatic rings. The predicted octanol–water partition coefficient (Wildman–Crippen LogP) is 2.33. The van der Waals surface area contributed by atoms with Crippen molar-refractivity contribution in [2.75, 3.05) is 11.9 Å². The summed E-state index contributed by atoms with van der Waals surface area (Å²) in [6, 6.07) is 2.42. The summed E-state index contributed by atoms with van der Waals surface area (Å²) >= 11 is 4.84. The van der Waals surface area contributed by atoms with Gasteiger partial charge in [0.2, 0.25) is 0 Å². The first-order valence-corrected chi connectivity index (χ1v) is 5.82. The number of nitrogens with zero attached hydrogens (tertiary/aromatic N) is 2. The highest BCUT2D eigenvalue weighted by molar-refractivity contribution is 7.80. The van der Waals surface area contributed by atoms with Crippen LogP contribution in [0.4, 0.5) is 19.0 Å². The Bertz CT molecular complexity index is 483. The first-order valence-electron chi connectivity index (χ1n) is 5.41. The molecule has 1 fully saturated rings. The minimum absolute atomic E-state index is 0.0544. The van der Waals surface area contributed by atoms with Gasteiger partial charge >= 0.3 is 6.18 Å². The molecule has 0 aliphatic heterocycles. The molecule has 3 nitrogen and oxygen atoms in total. The molecular weight excluding hydrogens is 263 g/mol. The Balaban J connectivity index is 2.47. The maximum atomic E-state index is 12.6. The van der Waals surface area contributed by atoms with Gasteiger partial charge in [0.25, 0.3) is 0 Å². The average Bonchev–Trinajstić information content (AvgIpc) is 3.09. The number of rotatable bonds is 3. The molecule has 0 radical (unpaired) electrons. The van der Waals surface area contributed by atoms with E-state index in [1.165, 1.54) is 6.07 Å². The van der Waals surface area contributed by atoms with E-state index in [0.717, 1.165) is 18.9 Å². The van der Waals surface area contributed by atoms with Crippen LogP contribution in [0.25, 0.3) is 0 Å². The van der Waals surface area contributed by atoms with Gasteiger partial charge < -0.3 is 10.6 Å². The van der Waals surface area contributed by atoms with Crippen molar-refractivity contribution >= 4 is 23.0 Å². The quantitative estimate of drug-likeness (QED) is 0.860. The normalized spacial score (nSPS) is 15.6. The number of nitrogens with two attached hydrogens (primary N) is 1. The molecule has 0 aromatic carbocycles. The Morgan fingerprint density at radius 1 is 1.44 bits per heavy atom. The molecule has 1 saturated carbocycles. The van der Waals surface area contributed by atoms with E-state index in [1.807, 2.05) is 0 Å². The predicted molar refractivity (Wildman–Crippen MR) is 66.6 cm³/mol. The number of halogens is 3. The van der Waals surface area contributed by atoms with Crippen molar-refractivity contribution in [1.82, 2.24) is 4.98 Å². The van der Waals surface area contributed by atoms with Crippen molar-refractivity contribution in [2.45, 2.75) is 25.1 Å². The fourth-order valence-electron chi connectivity index (χ4n) is 1.70. The molecule has 2 N–H and O–H groups in total. The van der Waals surface area contributed by atoms with E-state index in [2.05, 4.69) is 4.98 Å². The summed E-state index contributed by atoms with van der Waals surface area (Å²) in [4.78, 5) is 5.43. The fraction of sp³-hybridized carbons (Fsp3) is 0.455. The van der Waals surface area contributed by atoms with Crippen LogP contribution in [0.1, 0.15) is 24.1 Å². The van der Waals surface area contributed by atoms with Crippen LogP contribution in [0.15, 0.2) is 12.1 Å². The Morgan fingerprint density at radius 2 is 2.06 bits per heavy atom. The van der Waals surface area contributed by atoms with E-state index in [9.17, 15) is 13.2 Å². The van der Waals surface area contributed by atoms with Crippen LogP contribution < -0.4 is 10.6 Å². The maximum absolute atomic E-state index is 12.6. The van der Waals surface area contributed by atoms with Gasteiger partial charge in [-0.3, -0.25) is 0 Å². The van der Waals surface area contributed by atoms with Crippen molar-refractivity contribution in [3.8, 4) is 0 Å². The molecule has 7 heteroatoms. The van der Waals surface area contributed by atoms with Crippen molar-refractivity contribution in [1.29, 1.82) is 0 Å². The van der Waals surface area contributed by atoms with Crippen LogP contribution in [-0.2, 0) is 6.18 Å². The van der Waals surface area contributed by atoms with Crippen LogP contribution in [0, 0.1) is 0 Å². The molecule has 0 amide bonds. The van der Waals surface area contributed by atoms with E-state index in [-0.39, 0.29) is 16.8 Å². The van der Waals surface area contributed by atoms with Crippen LogP contribution in [0.2, 0.25) is 0 Å². The van der Waals surface area contributed by atoms with Gasteiger partial charge in [0.05, 0.1) is 5.56 Å². The SMILES string of the molecule is CN(c1nc(C(F)(F)F)ccc1C(N)=S)C1CC1. The zero-order valence-corrected chi connectivity index (χ0v) is 10.5. The highest BCUT2D eigenvalue weighted by Crippen LogP contribution is 2.34. The summed E-state index contributed by atoms with van der Waals surface area (Å²) in [6.07, 6.45) is -2.57. The smallest absolute Gasteiger partial charge is 0.389 e. The molecule has 0 bridgehead atoms. The van der Waals surface area contributed by atoms with E-state index in [1.54, 1.807) is 11.9 Å². The molecule has 1 aliphatic carbocycles. The lowest BCUT2D eigenvalue weighted by Crippen LogP contribution is -2.26. The second kappa shape index (κ2) is 4.38. The number of hydrogen-bond acceptors (Lipinski definition) is 3. The third kappa shape index (κ3) is 2.55. The van der Waals surface area contributed by atoms with Gasteiger partial charge in [-0.15, -0.1) is 0 Å². The monoisotopic (exact) mass is 275 g/mol. The molecule has 0 unspecified atom stereocenters. The summed E-state index contributed by atoms with van der Waals surface area (Å²) in [7, 11) is 1.71. The molecule has 1 aromatic heterocycles. The van der Waals surface area contributed by atoms with Crippen molar-refractivity contribution < 1.29 is 13.2 Å². The third-order valence-electron chi connectivity index (χ3n) is 2.86. The summed E-state index contributed by atoms with van der Waals surface area (Å²) in [5, 5.41) is 0. The minimum atomic E-state index is -4.46. The lowest BCUT2D eigenvalue weighted by atomic mass is 10.2. The fourth-order valence-corrected chi connectivity index (χ4v) is 1.86. The second-order valence-corrected chi connectivity index (χ2v) is 4.71. The van der Waals surface area contributed by atoms with E-state index in [0.29, 0.717) is 5.56 Å². The van der Waals surface area contributed by atoms with Gasteiger partial charge in [0.15, 0.2) is 0 Å². The van der Waals surface area contributed by atoms with Crippen LogP contribution >= 0.6 is 12.2 Å². The number of anilines is 1. The molecule has 0 spiro atoms. The topological polar surface area (TPSA) is 42.2 Å². The van der Waals surface area contributed by atoms with Gasteiger partial charge in [0, 0.05) is 13.1 Å². The standard InChI is InChI=1S/C11H12F3N3S/c1-17(6-2-3-6)10-7(9(15)18)4-5-8(16-10)11(12,13)14/h4-6H,2-3H2,1H3,(H2,15,18). The minimum Gasteiger partial charge on any atom is -0.389 e. The van der Waals surface area contributed by atoms with E-state index in [4.69, 9.17) is 18.0 Å². The lowest BCUT2D eigenvalue weighted by Gasteiger charge is -2.21. The third-order valence-corrected chi connectivity index (χ3v) is 3.08. The number of alkyl halides is 3. The summed E-state index contributed by atoms with van der Waals surface area (Å²) in [5.74, 6) is 0.208. The Kier molecular flexibility index (Phi) is 3.18. The van der Waals surface area contributed by atoms with Gasteiger partial charge in [-0.25, -0.2) is 4.98 Å². The van der Waals surface area contributed by atoms with Gasteiger partial charge in [-0.1, -0.05) is 12.2 Å². The number of pyridine rings is 1. The first kappa shape index (κ1) is 13.1. The summed E-state index contributed by atoms with van der Waals surface area (Å²) < 4.78 is 37.9. The molecule has 1 heterocycles.